The van der Waals surface area contributed by atoms with Gasteiger partial charge < -0.3 is 10.0 Å². The van der Waals surface area contributed by atoms with Crippen LogP contribution < -0.4 is 0 Å². The van der Waals surface area contributed by atoms with Crippen LogP contribution in [0.15, 0.2) is 0 Å². The van der Waals surface area contributed by atoms with Gasteiger partial charge in [0.15, 0.2) is 0 Å². The molecule has 1 aliphatic heterocycles. The molecule has 0 radical (unpaired) electrons. The van der Waals surface area contributed by atoms with Gasteiger partial charge in [0.05, 0.1) is 12.0 Å². The maximum atomic E-state index is 11.9. The van der Waals surface area contributed by atoms with Crippen LogP contribution in [0.4, 0.5) is 0 Å². The van der Waals surface area contributed by atoms with Crippen LogP contribution in [0, 0.1) is 5.41 Å². The monoisotopic (exact) mass is 183 g/mol. The molecule has 1 aliphatic carbocycles. The molecule has 1 saturated heterocycles. The second-order valence-corrected chi connectivity index (χ2v) is 4.29. The van der Waals surface area contributed by atoms with E-state index in [2.05, 4.69) is 0 Å². The molecule has 1 heterocycles. The second-order valence-electron chi connectivity index (χ2n) is 4.29. The van der Waals surface area contributed by atoms with Crippen LogP contribution in [0.5, 0.6) is 0 Å². The van der Waals surface area contributed by atoms with Crippen molar-refractivity contribution in [2.45, 2.75) is 32.1 Å². The Balaban J connectivity index is 2.01. The number of nitrogens with zero attached hydrogens (tertiary/aromatic N) is 1. The van der Waals surface area contributed by atoms with Gasteiger partial charge in [-0.1, -0.05) is 6.42 Å². The lowest BCUT2D eigenvalue weighted by atomic mass is 9.68. The van der Waals surface area contributed by atoms with Gasteiger partial charge in [0.2, 0.25) is 5.91 Å². The van der Waals surface area contributed by atoms with Crippen LogP contribution in [0.3, 0.4) is 0 Å². The summed E-state index contributed by atoms with van der Waals surface area (Å²) in [5.41, 5.74) is -0.371. The van der Waals surface area contributed by atoms with E-state index in [1.165, 1.54) is 0 Å². The summed E-state index contributed by atoms with van der Waals surface area (Å²) in [6.07, 6.45) is 5.14. The molecule has 0 aromatic carbocycles. The van der Waals surface area contributed by atoms with Gasteiger partial charge in [-0.3, -0.25) is 4.79 Å². The molecule has 2 rings (SSSR count). The highest BCUT2D eigenvalue weighted by Crippen LogP contribution is 2.42. The van der Waals surface area contributed by atoms with E-state index < -0.39 is 0 Å². The molecule has 0 spiro atoms. The predicted octanol–water partition coefficient (Wildman–Crippen LogP) is 0.771. The number of amides is 1. The Morgan fingerprint density at radius 3 is 2.23 bits per heavy atom. The van der Waals surface area contributed by atoms with Crippen LogP contribution >= 0.6 is 0 Å². The lowest BCUT2D eigenvalue weighted by molar-refractivity contribution is -0.149. The van der Waals surface area contributed by atoms with E-state index in [1.807, 2.05) is 4.90 Å². The molecule has 0 unspecified atom stereocenters. The third kappa shape index (κ3) is 1.35. The first-order valence-electron chi connectivity index (χ1n) is 5.19. The van der Waals surface area contributed by atoms with Gasteiger partial charge in [-0.25, -0.2) is 0 Å². The van der Waals surface area contributed by atoms with Gasteiger partial charge in [0.25, 0.3) is 0 Å². The first kappa shape index (κ1) is 9.00. The highest BCUT2D eigenvalue weighted by atomic mass is 16.3. The summed E-state index contributed by atoms with van der Waals surface area (Å²) in [6, 6.07) is 0. The van der Waals surface area contributed by atoms with Crippen LogP contribution in [-0.4, -0.2) is 35.6 Å². The van der Waals surface area contributed by atoms with E-state index in [1.54, 1.807) is 0 Å². The summed E-state index contributed by atoms with van der Waals surface area (Å²) in [7, 11) is 0. The molecule has 0 aromatic rings. The Hall–Kier alpha value is -0.570. The minimum atomic E-state index is -0.371. The number of carbonyl (C=O) groups is 1. The molecular weight excluding hydrogens is 166 g/mol. The first-order valence-corrected chi connectivity index (χ1v) is 5.19. The highest BCUT2D eigenvalue weighted by molar-refractivity contribution is 5.84. The van der Waals surface area contributed by atoms with E-state index in [0.717, 1.165) is 45.2 Å². The normalized spacial score (nSPS) is 25.8. The van der Waals surface area contributed by atoms with Crippen molar-refractivity contribution in [3.05, 3.63) is 0 Å². The lowest BCUT2D eigenvalue weighted by Gasteiger charge is -2.41. The Kier molecular flexibility index (Phi) is 2.28. The Morgan fingerprint density at radius 2 is 1.85 bits per heavy atom. The number of carbonyl (C=O) groups excluding carboxylic acids is 1. The molecule has 0 atom stereocenters. The molecule has 13 heavy (non-hydrogen) atoms. The topological polar surface area (TPSA) is 40.5 Å². The maximum absolute atomic E-state index is 11.9. The Labute approximate surface area is 78.7 Å². The molecule has 2 aliphatic rings. The van der Waals surface area contributed by atoms with Gasteiger partial charge in [-0.15, -0.1) is 0 Å². The van der Waals surface area contributed by atoms with Crippen molar-refractivity contribution in [2.24, 2.45) is 5.41 Å². The van der Waals surface area contributed by atoms with Crippen molar-refractivity contribution in [3.63, 3.8) is 0 Å². The smallest absolute Gasteiger partial charge is 0.231 e. The Bertz CT molecular complexity index is 199. The number of hydrogen-bond donors (Lipinski definition) is 1. The number of aliphatic hydroxyl groups excluding tert-OH is 1. The number of hydrogen-bond acceptors (Lipinski definition) is 2. The van der Waals surface area contributed by atoms with E-state index in [-0.39, 0.29) is 17.9 Å². The zero-order valence-electron chi connectivity index (χ0n) is 7.96. The summed E-state index contributed by atoms with van der Waals surface area (Å²) >= 11 is 0. The minimum absolute atomic E-state index is 0.0440. The number of likely N-dealkylation sites (tertiary alicyclic amines) is 1. The van der Waals surface area contributed by atoms with Crippen LogP contribution in [0.1, 0.15) is 32.1 Å². The molecule has 1 amide bonds. The van der Waals surface area contributed by atoms with Crippen LogP contribution in [0.2, 0.25) is 0 Å². The molecule has 3 nitrogen and oxygen atoms in total. The highest BCUT2D eigenvalue weighted by Gasteiger charge is 2.46. The van der Waals surface area contributed by atoms with Crippen molar-refractivity contribution >= 4 is 5.91 Å². The van der Waals surface area contributed by atoms with E-state index >= 15 is 0 Å². The standard InChI is InChI=1S/C10H17NO2/c12-8-10(4-3-5-10)9(13)11-6-1-2-7-11/h12H,1-8H2. The van der Waals surface area contributed by atoms with Crippen LogP contribution in [0.25, 0.3) is 0 Å². The van der Waals surface area contributed by atoms with Crippen molar-refractivity contribution in [3.8, 4) is 0 Å². The zero-order valence-corrected chi connectivity index (χ0v) is 7.96. The van der Waals surface area contributed by atoms with Crippen molar-refractivity contribution in [1.82, 2.24) is 4.90 Å². The molecule has 1 saturated carbocycles. The SMILES string of the molecule is O=C(N1CCCC1)C1(CO)CCC1. The average Bonchev–Trinajstić information content (AvgIpc) is 2.54. The molecular formula is C10H17NO2. The molecule has 74 valence electrons. The van der Waals surface area contributed by atoms with Gasteiger partial charge in [-0.05, 0) is 25.7 Å². The van der Waals surface area contributed by atoms with Crippen molar-refractivity contribution in [1.29, 1.82) is 0 Å². The minimum Gasteiger partial charge on any atom is -0.395 e. The van der Waals surface area contributed by atoms with Gasteiger partial charge in [0, 0.05) is 13.1 Å². The number of aliphatic hydroxyl groups is 1. The molecule has 0 bridgehead atoms. The van der Waals surface area contributed by atoms with Crippen molar-refractivity contribution in [2.75, 3.05) is 19.7 Å². The summed E-state index contributed by atoms with van der Waals surface area (Å²) < 4.78 is 0. The maximum Gasteiger partial charge on any atom is 0.231 e. The Morgan fingerprint density at radius 1 is 1.23 bits per heavy atom. The fourth-order valence-electron chi connectivity index (χ4n) is 2.30. The number of rotatable bonds is 2. The summed E-state index contributed by atoms with van der Waals surface area (Å²) in [5, 5.41) is 9.22. The van der Waals surface area contributed by atoms with E-state index in [9.17, 15) is 9.90 Å². The fourth-order valence-corrected chi connectivity index (χ4v) is 2.30. The van der Waals surface area contributed by atoms with Gasteiger partial charge in [0.1, 0.15) is 0 Å². The summed E-state index contributed by atoms with van der Waals surface area (Å²) in [4.78, 5) is 13.9. The zero-order chi connectivity index (χ0) is 9.31. The summed E-state index contributed by atoms with van der Waals surface area (Å²) in [6.45, 7) is 1.85. The third-order valence-electron chi connectivity index (χ3n) is 3.46. The molecule has 2 fully saturated rings. The van der Waals surface area contributed by atoms with Crippen molar-refractivity contribution < 1.29 is 9.90 Å². The largest absolute Gasteiger partial charge is 0.395 e. The third-order valence-corrected chi connectivity index (χ3v) is 3.46. The lowest BCUT2D eigenvalue weighted by Crippen LogP contribution is -2.49. The van der Waals surface area contributed by atoms with Crippen LogP contribution in [-0.2, 0) is 4.79 Å². The predicted molar refractivity (Wildman–Crippen MR) is 49.2 cm³/mol. The second kappa shape index (κ2) is 3.29. The molecule has 0 aromatic heterocycles. The van der Waals surface area contributed by atoms with Gasteiger partial charge in [-0.2, -0.15) is 0 Å². The molecule has 3 heteroatoms. The average molecular weight is 183 g/mol. The quantitative estimate of drug-likeness (QED) is 0.687. The van der Waals surface area contributed by atoms with E-state index in [0.29, 0.717) is 0 Å². The van der Waals surface area contributed by atoms with Gasteiger partial charge >= 0.3 is 0 Å². The van der Waals surface area contributed by atoms with E-state index in [4.69, 9.17) is 0 Å². The summed E-state index contributed by atoms with van der Waals surface area (Å²) in [5.74, 6) is 0.207. The first-order chi connectivity index (χ1) is 6.28. The fraction of sp³-hybridized carbons (Fsp3) is 0.900. The molecule has 1 N–H and O–H groups in total.